The van der Waals surface area contributed by atoms with Crippen molar-refractivity contribution in [1.82, 2.24) is 9.88 Å². The number of halogens is 3. The van der Waals surface area contributed by atoms with Crippen LogP contribution in [0.15, 0.2) is 30.5 Å². The molecular weight excluding hydrogens is 307 g/mol. The summed E-state index contributed by atoms with van der Waals surface area (Å²) in [6.45, 7) is 2.06. The zero-order chi connectivity index (χ0) is 16.8. The standard InChI is InChI=1S/C16H14F3N3O/c1-9-6-13(11(7-20-9)16(17,18)19)21-12-5-3-4-10-8-22(2)15(23)14(10)12/h3-7H,8H2,1-2H3,(H,20,21). The van der Waals surface area contributed by atoms with E-state index in [4.69, 9.17) is 0 Å². The number of aromatic nitrogens is 1. The van der Waals surface area contributed by atoms with Gasteiger partial charge in [-0.2, -0.15) is 13.2 Å². The number of alkyl halides is 3. The van der Waals surface area contributed by atoms with E-state index >= 15 is 0 Å². The van der Waals surface area contributed by atoms with Crippen molar-refractivity contribution in [3.63, 3.8) is 0 Å². The molecule has 4 nitrogen and oxygen atoms in total. The highest BCUT2D eigenvalue weighted by Gasteiger charge is 2.35. The van der Waals surface area contributed by atoms with E-state index in [0.717, 1.165) is 11.8 Å². The van der Waals surface area contributed by atoms with Crippen molar-refractivity contribution in [3.8, 4) is 0 Å². The van der Waals surface area contributed by atoms with Gasteiger partial charge in [-0.3, -0.25) is 9.78 Å². The summed E-state index contributed by atoms with van der Waals surface area (Å²) in [4.78, 5) is 17.4. The predicted octanol–water partition coefficient (Wildman–Crippen LogP) is 3.74. The molecule has 1 amide bonds. The van der Waals surface area contributed by atoms with E-state index in [1.807, 2.05) is 0 Å². The number of aryl methyl sites for hydroxylation is 1. The molecule has 0 fully saturated rings. The lowest BCUT2D eigenvalue weighted by molar-refractivity contribution is -0.137. The first-order valence-electron chi connectivity index (χ1n) is 6.95. The molecule has 0 radical (unpaired) electrons. The summed E-state index contributed by atoms with van der Waals surface area (Å²) in [5, 5.41) is 2.76. The van der Waals surface area contributed by atoms with Crippen LogP contribution in [0, 0.1) is 6.92 Å². The minimum atomic E-state index is -4.53. The number of pyridine rings is 1. The van der Waals surface area contributed by atoms with Crippen molar-refractivity contribution < 1.29 is 18.0 Å². The van der Waals surface area contributed by atoms with E-state index in [2.05, 4.69) is 10.3 Å². The summed E-state index contributed by atoms with van der Waals surface area (Å²) < 4.78 is 39.4. The van der Waals surface area contributed by atoms with Gasteiger partial charge >= 0.3 is 6.18 Å². The summed E-state index contributed by atoms with van der Waals surface area (Å²) in [5.74, 6) is -0.206. The molecule has 0 atom stereocenters. The second kappa shape index (κ2) is 5.26. The van der Waals surface area contributed by atoms with Crippen LogP contribution in [0.2, 0.25) is 0 Å². The van der Waals surface area contributed by atoms with Crippen LogP contribution >= 0.6 is 0 Å². The monoisotopic (exact) mass is 321 g/mol. The maximum Gasteiger partial charge on any atom is 0.419 e. The van der Waals surface area contributed by atoms with E-state index in [-0.39, 0.29) is 11.6 Å². The van der Waals surface area contributed by atoms with Gasteiger partial charge in [0.05, 0.1) is 22.5 Å². The quantitative estimate of drug-likeness (QED) is 0.916. The summed E-state index contributed by atoms with van der Waals surface area (Å²) in [6, 6.07) is 6.44. The third kappa shape index (κ3) is 2.74. The Hall–Kier alpha value is -2.57. The molecule has 0 bridgehead atoms. The molecule has 1 aromatic heterocycles. The van der Waals surface area contributed by atoms with Crippen LogP contribution < -0.4 is 5.32 Å². The number of hydrogen-bond donors (Lipinski definition) is 1. The number of amides is 1. The Morgan fingerprint density at radius 3 is 2.70 bits per heavy atom. The fourth-order valence-electron chi connectivity index (χ4n) is 2.64. The van der Waals surface area contributed by atoms with Crippen molar-refractivity contribution in [2.75, 3.05) is 12.4 Å². The van der Waals surface area contributed by atoms with Gasteiger partial charge in [-0.25, -0.2) is 0 Å². The molecule has 0 spiro atoms. The zero-order valence-electron chi connectivity index (χ0n) is 12.5. The Labute approximate surface area is 130 Å². The summed E-state index contributed by atoms with van der Waals surface area (Å²) in [7, 11) is 1.66. The summed E-state index contributed by atoms with van der Waals surface area (Å²) >= 11 is 0. The van der Waals surface area contributed by atoms with E-state index in [1.54, 1.807) is 32.2 Å². The van der Waals surface area contributed by atoms with Crippen LogP contribution in [0.4, 0.5) is 24.5 Å². The lowest BCUT2D eigenvalue weighted by Gasteiger charge is -2.16. The van der Waals surface area contributed by atoms with Crippen LogP contribution in [-0.4, -0.2) is 22.8 Å². The molecule has 23 heavy (non-hydrogen) atoms. The molecule has 2 aromatic rings. The van der Waals surface area contributed by atoms with Gasteiger partial charge in [-0.1, -0.05) is 12.1 Å². The maximum atomic E-state index is 13.1. The topological polar surface area (TPSA) is 45.2 Å². The predicted molar refractivity (Wildman–Crippen MR) is 79.5 cm³/mol. The first-order chi connectivity index (χ1) is 10.8. The molecule has 3 rings (SSSR count). The number of hydrogen-bond acceptors (Lipinski definition) is 3. The van der Waals surface area contributed by atoms with Crippen LogP contribution in [0.25, 0.3) is 0 Å². The second-order valence-electron chi connectivity index (χ2n) is 5.49. The minimum absolute atomic E-state index is 0.110. The first-order valence-corrected chi connectivity index (χ1v) is 6.95. The smallest absolute Gasteiger partial charge is 0.354 e. The molecule has 0 aliphatic carbocycles. The number of carbonyl (C=O) groups excluding carboxylic acids is 1. The van der Waals surface area contributed by atoms with E-state index in [0.29, 0.717) is 23.5 Å². The molecule has 1 aromatic carbocycles. The van der Waals surface area contributed by atoms with Gasteiger partial charge in [-0.15, -0.1) is 0 Å². The Morgan fingerprint density at radius 2 is 2.00 bits per heavy atom. The molecule has 120 valence electrons. The third-order valence-electron chi connectivity index (χ3n) is 3.73. The highest BCUT2D eigenvalue weighted by atomic mass is 19.4. The Balaban J connectivity index is 2.07. The molecule has 0 saturated carbocycles. The average molecular weight is 321 g/mol. The van der Waals surface area contributed by atoms with E-state index in [9.17, 15) is 18.0 Å². The largest absolute Gasteiger partial charge is 0.419 e. The third-order valence-corrected chi connectivity index (χ3v) is 3.73. The van der Waals surface area contributed by atoms with Gasteiger partial charge in [0, 0.05) is 25.5 Å². The molecule has 1 N–H and O–H groups in total. The number of fused-ring (bicyclic) bond motifs is 1. The molecular formula is C16H14F3N3O. The average Bonchev–Trinajstić information content (AvgIpc) is 2.74. The number of nitrogens with one attached hydrogen (secondary N) is 1. The van der Waals surface area contributed by atoms with Crippen molar-refractivity contribution >= 4 is 17.3 Å². The van der Waals surface area contributed by atoms with Crippen LogP contribution in [0.3, 0.4) is 0 Å². The fraction of sp³-hybridized carbons (Fsp3) is 0.250. The normalized spacial score (nSPS) is 14.1. The molecule has 0 saturated heterocycles. The zero-order valence-corrected chi connectivity index (χ0v) is 12.5. The Morgan fingerprint density at radius 1 is 1.26 bits per heavy atom. The van der Waals surface area contributed by atoms with Gasteiger partial charge in [0.25, 0.3) is 5.91 Å². The minimum Gasteiger partial charge on any atom is -0.354 e. The van der Waals surface area contributed by atoms with Crippen LogP contribution in [-0.2, 0) is 12.7 Å². The number of nitrogens with zero attached hydrogens (tertiary/aromatic N) is 2. The van der Waals surface area contributed by atoms with Gasteiger partial charge in [0.1, 0.15) is 0 Å². The first kappa shape index (κ1) is 15.3. The van der Waals surface area contributed by atoms with Gasteiger partial charge < -0.3 is 10.2 Å². The summed E-state index contributed by atoms with van der Waals surface area (Å²) in [5.41, 5.74) is 1.06. The fourth-order valence-corrected chi connectivity index (χ4v) is 2.64. The molecule has 7 heteroatoms. The van der Waals surface area contributed by atoms with Crippen molar-refractivity contribution in [2.45, 2.75) is 19.6 Å². The van der Waals surface area contributed by atoms with Gasteiger partial charge in [0.15, 0.2) is 0 Å². The van der Waals surface area contributed by atoms with E-state index < -0.39 is 11.7 Å². The van der Waals surface area contributed by atoms with Crippen LogP contribution in [0.1, 0.15) is 27.2 Å². The van der Waals surface area contributed by atoms with E-state index in [1.165, 1.54) is 11.0 Å². The SMILES string of the molecule is Cc1cc(Nc2cccc3c2C(=O)N(C)C3)c(C(F)(F)F)cn1. The number of carbonyl (C=O) groups is 1. The summed E-state index contributed by atoms with van der Waals surface area (Å²) in [6.07, 6.45) is -3.73. The Bertz CT molecular complexity index is 787. The van der Waals surface area contributed by atoms with Crippen LogP contribution in [0.5, 0.6) is 0 Å². The molecule has 1 aliphatic rings. The van der Waals surface area contributed by atoms with Gasteiger partial charge in [-0.05, 0) is 24.6 Å². The second-order valence-corrected chi connectivity index (χ2v) is 5.49. The lowest BCUT2D eigenvalue weighted by atomic mass is 10.1. The maximum absolute atomic E-state index is 13.1. The Kier molecular flexibility index (Phi) is 3.50. The lowest BCUT2D eigenvalue weighted by Crippen LogP contribution is -2.18. The number of anilines is 2. The van der Waals surface area contributed by atoms with Crippen molar-refractivity contribution in [3.05, 3.63) is 52.8 Å². The highest BCUT2D eigenvalue weighted by molar-refractivity contribution is 6.04. The number of benzene rings is 1. The van der Waals surface area contributed by atoms with Crippen molar-refractivity contribution in [2.24, 2.45) is 0 Å². The molecule has 2 heterocycles. The number of rotatable bonds is 2. The molecule has 0 unspecified atom stereocenters. The highest BCUT2D eigenvalue weighted by Crippen LogP contribution is 2.37. The van der Waals surface area contributed by atoms with Crippen molar-refractivity contribution in [1.29, 1.82) is 0 Å². The van der Waals surface area contributed by atoms with Gasteiger partial charge in [0.2, 0.25) is 0 Å². The molecule has 1 aliphatic heterocycles.